The quantitative estimate of drug-likeness (QED) is 0.598. The molecule has 1 rings (SSSR count). The summed E-state index contributed by atoms with van der Waals surface area (Å²) >= 11 is 0. The van der Waals surface area contributed by atoms with E-state index in [2.05, 4.69) is 10.6 Å². The fourth-order valence-electron chi connectivity index (χ4n) is 2.08. The lowest BCUT2D eigenvalue weighted by atomic mass is 10.2. The van der Waals surface area contributed by atoms with E-state index in [1.165, 1.54) is 0 Å². The lowest BCUT2D eigenvalue weighted by Gasteiger charge is -2.14. The zero-order valence-corrected chi connectivity index (χ0v) is 13.7. The first-order valence-corrected chi connectivity index (χ1v) is 7.41. The zero-order valence-electron chi connectivity index (χ0n) is 13.7. The minimum absolute atomic E-state index is 0.0173. The van der Waals surface area contributed by atoms with Crippen LogP contribution in [-0.4, -0.2) is 45.1 Å². The van der Waals surface area contributed by atoms with Gasteiger partial charge in [0.15, 0.2) is 6.54 Å². The number of carbonyl (C=O) groups excluding carboxylic acids is 2. The normalized spacial score (nSPS) is 11.9. The summed E-state index contributed by atoms with van der Waals surface area (Å²) in [5, 5.41) is 5.36. The summed E-state index contributed by atoms with van der Waals surface area (Å²) in [6.45, 7) is 4.80. The van der Waals surface area contributed by atoms with Crippen LogP contribution in [0.25, 0.3) is 0 Å². The van der Waals surface area contributed by atoms with Crippen LogP contribution in [0, 0.1) is 0 Å². The lowest BCUT2D eigenvalue weighted by Crippen LogP contribution is -3.08. The van der Waals surface area contributed by atoms with Crippen LogP contribution in [0.1, 0.15) is 19.4 Å². The molecule has 1 atom stereocenters. The number of hydrogen-bond acceptors (Lipinski definition) is 3. The van der Waals surface area contributed by atoms with Crippen LogP contribution >= 0.6 is 0 Å². The molecule has 0 saturated heterocycles. The Labute approximate surface area is 131 Å². The standard InChI is InChI=1S/C16H25N3O3/c1-12(2)18-15(20)9-17-16(21)11-19(3)10-13-6-5-7-14(8-13)22-4/h5-8,12H,9-11H2,1-4H3,(H,17,21)(H,18,20)/p+1. The summed E-state index contributed by atoms with van der Waals surface area (Å²) in [5.41, 5.74) is 1.10. The summed E-state index contributed by atoms with van der Waals surface area (Å²) in [6.07, 6.45) is 0. The van der Waals surface area contributed by atoms with Gasteiger partial charge in [-0.1, -0.05) is 12.1 Å². The van der Waals surface area contributed by atoms with E-state index >= 15 is 0 Å². The summed E-state index contributed by atoms with van der Waals surface area (Å²) in [6, 6.07) is 7.85. The van der Waals surface area contributed by atoms with Crippen molar-refractivity contribution in [2.24, 2.45) is 0 Å². The van der Waals surface area contributed by atoms with Gasteiger partial charge in [0.05, 0.1) is 20.7 Å². The van der Waals surface area contributed by atoms with Crippen molar-refractivity contribution in [3.05, 3.63) is 29.8 Å². The van der Waals surface area contributed by atoms with Gasteiger partial charge in [-0.15, -0.1) is 0 Å². The number of benzene rings is 1. The van der Waals surface area contributed by atoms with E-state index in [-0.39, 0.29) is 24.4 Å². The van der Waals surface area contributed by atoms with E-state index in [1.54, 1.807) is 7.11 Å². The molecule has 0 aliphatic rings. The molecule has 22 heavy (non-hydrogen) atoms. The number of likely N-dealkylation sites (N-methyl/N-ethyl adjacent to an activating group) is 1. The molecule has 1 unspecified atom stereocenters. The van der Waals surface area contributed by atoms with Crippen LogP contribution in [0.15, 0.2) is 24.3 Å². The zero-order chi connectivity index (χ0) is 16.5. The van der Waals surface area contributed by atoms with Crippen LogP contribution in [0.4, 0.5) is 0 Å². The molecule has 6 heteroatoms. The van der Waals surface area contributed by atoms with Crippen LogP contribution in [0.5, 0.6) is 5.75 Å². The number of quaternary nitrogens is 1. The largest absolute Gasteiger partial charge is 0.497 e. The van der Waals surface area contributed by atoms with Crippen molar-refractivity contribution >= 4 is 11.8 Å². The van der Waals surface area contributed by atoms with E-state index < -0.39 is 0 Å². The van der Waals surface area contributed by atoms with Crippen molar-refractivity contribution in [1.29, 1.82) is 0 Å². The maximum absolute atomic E-state index is 11.8. The first kappa shape index (κ1) is 18.0. The van der Waals surface area contributed by atoms with E-state index in [0.717, 1.165) is 16.2 Å². The predicted octanol–water partition coefficient (Wildman–Crippen LogP) is -0.649. The van der Waals surface area contributed by atoms with Crippen LogP contribution in [0.3, 0.4) is 0 Å². The summed E-state index contributed by atoms with van der Waals surface area (Å²) in [5.74, 6) is 0.494. The number of methoxy groups -OCH3 is 1. The molecule has 0 saturated carbocycles. The van der Waals surface area contributed by atoms with Crippen molar-refractivity contribution in [3.63, 3.8) is 0 Å². The number of rotatable bonds is 8. The fourth-order valence-corrected chi connectivity index (χ4v) is 2.08. The van der Waals surface area contributed by atoms with Gasteiger partial charge in [-0.2, -0.15) is 0 Å². The Hall–Kier alpha value is -2.08. The molecule has 3 N–H and O–H groups in total. The molecular formula is C16H26N3O3+. The molecule has 1 aromatic rings. The monoisotopic (exact) mass is 308 g/mol. The van der Waals surface area contributed by atoms with Crippen LogP contribution < -0.4 is 20.3 Å². The summed E-state index contributed by atoms with van der Waals surface area (Å²) < 4.78 is 5.18. The number of ether oxygens (including phenoxy) is 1. The highest BCUT2D eigenvalue weighted by atomic mass is 16.5. The van der Waals surface area contributed by atoms with Crippen molar-refractivity contribution < 1.29 is 19.2 Å². The highest BCUT2D eigenvalue weighted by Gasteiger charge is 2.12. The van der Waals surface area contributed by atoms with Gasteiger partial charge in [0.1, 0.15) is 12.3 Å². The smallest absolute Gasteiger partial charge is 0.275 e. The third-order valence-electron chi connectivity index (χ3n) is 3.00. The first-order chi connectivity index (χ1) is 10.4. The average molecular weight is 308 g/mol. The molecule has 0 aromatic heterocycles. The third-order valence-corrected chi connectivity index (χ3v) is 3.00. The van der Waals surface area contributed by atoms with Crippen molar-refractivity contribution in [3.8, 4) is 5.75 Å². The van der Waals surface area contributed by atoms with Gasteiger partial charge in [0, 0.05) is 11.6 Å². The molecule has 0 aliphatic carbocycles. The first-order valence-electron chi connectivity index (χ1n) is 7.41. The van der Waals surface area contributed by atoms with Gasteiger partial charge < -0.3 is 20.3 Å². The number of amides is 2. The lowest BCUT2D eigenvalue weighted by molar-refractivity contribution is -0.885. The molecule has 1 aromatic carbocycles. The van der Waals surface area contributed by atoms with Gasteiger partial charge in [0.25, 0.3) is 5.91 Å². The fraction of sp³-hybridized carbons (Fsp3) is 0.500. The summed E-state index contributed by atoms with van der Waals surface area (Å²) in [7, 11) is 3.57. The van der Waals surface area contributed by atoms with Gasteiger partial charge in [-0.25, -0.2) is 0 Å². The van der Waals surface area contributed by atoms with Crippen molar-refractivity contribution in [2.45, 2.75) is 26.4 Å². The van der Waals surface area contributed by atoms with Gasteiger partial charge in [0.2, 0.25) is 5.91 Å². The van der Waals surface area contributed by atoms with Gasteiger partial charge in [-0.05, 0) is 26.0 Å². The molecule has 2 amide bonds. The molecule has 0 fully saturated rings. The van der Waals surface area contributed by atoms with Crippen molar-refractivity contribution in [1.82, 2.24) is 10.6 Å². The maximum atomic E-state index is 11.8. The highest BCUT2D eigenvalue weighted by molar-refractivity contribution is 5.85. The van der Waals surface area contributed by atoms with Gasteiger partial charge in [-0.3, -0.25) is 9.59 Å². The van der Waals surface area contributed by atoms with E-state index in [4.69, 9.17) is 4.74 Å². The molecular weight excluding hydrogens is 282 g/mol. The maximum Gasteiger partial charge on any atom is 0.275 e. The Morgan fingerprint density at radius 2 is 2.00 bits per heavy atom. The number of hydrogen-bond donors (Lipinski definition) is 3. The summed E-state index contributed by atoms with van der Waals surface area (Å²) in [4.78, 5) is 24.3. The molecule has 122 valence electrons. The molecule has 0 bridgehead atoms. The van der Waals surface area contributed by atoms with E-state index in [1.807, 2.05) is 45.2 Å². The molecule has 0 heterocycles. The molecule has 0 spiro atoms. The number of nitrogens with one attached hydrogen (secondary N) is 3. The predicted molar refractivity (Wildman–Crippen MR) is 84.7 cm³/mol. The SMILES string of the molecule is COc1cccc(C[NH+](C)CC(=O)NCC(=O)NC(C)C)c1. The second-order valence-electron chi connectivity index (χ2n) is 5.66. The molecule has 6 nitrogen and oxygen atoms in total. The third kappa shape index (κ3) is 7.08. The topological polar surface area (TPSA) is 71.9 Å². The molecule has 0 radical (unpaired) electrons. The van der Waals surface area contributed by atoms with E-state index in [0.29, 0.717) is 13.1 Å². The second-order valence-corrected chi connectivity index (χ2v) is 5.66. The minimum Gasteiger partial charge on any atom is -0.497 e. The Morgan fingerprint density at radius 3 is 2.64 bits per heavy atom. The Morgan fingerprint density at radius 1 is 1.27 bits per heavy atom. The Bertz CT molecular complexity index is 503. The highest BCUT2D eigenvalue weighted by Crippen LogP contribution is 2.11. The van der Waals surface area contributed by atoms with Crippen molar-refractivity contribution in [2.75, 3.05) is 27.2 Å². The van der Waals surface area contributed by atoms with Crippen LogP contribution in [0.2, 0.25) is 0 Å². The number of carbonyl (C=O) groups is 2. The molecule has 0 aliphatic heterocycles. The average Bonchev–Trinajstić information content (AvgIpc) is 2.44. The second kappa shape index (κ2) is 9.04. The van der Waals surface area contributed by atoms with Crippen LogP contribution in [-0.2, 0) is 16.1 Å². The van der Waals surface area contributed by atoms with Gasteiger partial charge >= 0.3 is 0 Å². The van der Waals surface area contributed by atoms with E-state index in [9.17, 15) is 9.59 Å². The minimum atomic E-state index is -0.172. The Balaban J connectivity index is 2.36. The Kier molecular flexibility index (Phi) is 7.39.